The van der Waals surface area contributed by atoms with Gasteiger partial charge in [-0.3, -0.25) is 4.79 Å². The van der Waals surface area contributed by atoms with Gasteiger partial charge in [0.15, 0.2) is 0 Å². The minimum absolute atomic E-state index is 0.0271. The quantitative estimate of drug-likeness (QED) is 0.802. The molecule has 106 valence electrons. The first-order valence-corrected chi connectivity index (χ1v) is 7.96. The number of rotatable bonds is 6. The number of benzene rings is 1. The average molecular weight is 285 g/mol. The highest BCUT2D eigenvalue weighted by Crippen LogP contribution is 2.28. The van der Waals surface area contributed by atoms with Gasteiger partial charge < -0.3 is 10.8 Å². The van der Waals surface area contributed by atoms with E-state index in [0.717, 1.165) is 11.8 Å². The van der Waals surface area contributed by atoms with Gasteiger partial charge in [0.05, 0.1) is 5.75 Å². The summed E-state index contributed by atoms with van der Waals surface area (Å²) < 4.78 is 22.5. The molecule has 0 fully saturated rings. The second kappa shape index (κ2) is 5.71. The predicted octanol–water partition coefficient (Wildman–Crippen LogP) is 0.711. The zero-order chi connectivity index (χ0) is 14.7. The zero-order valence-corrected chi connectivity index (χ0v) is 11.9. The zero-order valence-electron chi connectivity index (χ0n) is 11.1. The Bertz CT molecular complexity index is 551. The van der Waals surface area contributed by atoms with Gasteiger partial charge in [-0.25, -0.2) is 8.42 Å². The van der Waals surface area contributed by atoms with Crippen molar-refractivity contribution in [1.29, 1.82) is 0 Å². The van der Waals surface area contributed by atoms with E-state index in [0.29, 0.717) is 5.56 Å². The lowest BCUT2D eigenvalue weighted by molar-refractivity contribution is -0.143. The summed E-state index contributed by atoms with van der Waals surface area (Å²) >= 11 is 0. The molecule has 1 unspecified atom stereocenters. The van der Waals surface area contributed by atoms with Crippen molar-refractivity contribution < 1.29 is 18.3 Å². The number of sulfone groups is 1. The maximum absolute atomic E-state index is 11.6. The van der Waals surface area contributed by atoms with Crippen LogP contribution in [-0.4, -0.2) is 38.0 Å². The predicted molar refractivity (Wildman–Crippen MR) is 73.9 cm³/mol. The summed E-state index contributed by atoms with van der Waals surface area (Å²) in [6, 6.07) is 6.98. The Morgan fingerprint density at radius 3 is 2.21 bits per heavy atom. The van der Waals surface area contributed by atoms with E-state index in [9.17, 15) is 18.3 Å². The molecule has 0 aliphatic heterocycles. The normalized spacial score (nSPS) is 14.9. The van der Waals surface area contributed by atoms with Crippen LogP contribution in [0.15, 0.2) is 24.3 Å². The van der Waals surface area contributed by atoms with Crippen LogP contribution in [0.25, 0.3) is 0 Å². The van der Waals surface area contributed by atoms with Crippen LogP contribution in [0.5, 0.6) is 0 Å². The second-order valence-corrected chi connectivity index (χ2v) is 7.10. The molecule has 1 rings (SSSR count). The highest BCUT2D eigenvalue weighted by Gasteiger charge is 2.39. The minimum atomic E-state index is -3.24. The molecule has 1 aromatic rings. The molecule has 0 aliphatic carbocycles. The van der Waals surface area contributed by atoms with Crippen LogP contribution in [0.4, 0.5) is 0 Å². The summed E-state index contributed by atoms with van der Waals surface area (Å²) in [6.07, 6.45) is 1.06. The SMILES string of the molecule is Cc1ccc(C(CN)(CCS(C)(=O)=O)C(=O)O)cc1. The van der Waals surface area contributed by atoms with Gasteiger partial charge in [0.2, 0.25) is 0 Å². The van der Waals surface area contributed by atoms with Crippen LogP contribution in [0.3, 0.4) is 0 Å². The van der Waals surface area contributed by atoms with Crippen molar-refractivity contribution in [3.05, 3.63) is 35.4 Å². The number of aliphatic carboxylic acids is 1. The van der Waals surface area contributed by atoms with E-state index in [2.05, 4.69) is 0 Å². The molecule has 0 bridgehead atoms. The van der Waals surface area contributed by atoms with Crippen LogP contribution in [0, 0.1) is 6.92 Å². The summed E-state index contributed by atoms with van der Waals surface area (Å²) in [6.45, 7) is 1.76. The Kier molecular flexibility index (Phi) is 4.70. The topological polar surface area (TPSA) is 97.5 Å². The molecular formula is C13H19NO4S. The molecule has 0 aliphatic rings. The minimum Gasteiger partial charge on any atom is -0.481 e. The van der Waals surface area contributed by atoms with Gasteiger partial charge in [-0.05, 0) is 18.9 Å². The summed E-state index contributed by atoms with van der Waals surface area (Å²) in [4.78, 5) is 11.6. The Morgan fingerprint density at radius 2 is 1.84 bits per heavy atom. The third-order valence-electron chi connectivity index (χ3n) is 3.26. The lowest BCUT2D eigenvalue weighted by atomic mass is 9.78. The van der Waals surface area contributed by atoms with Crippen molar-refractivity contribution >= 4 is 15.8 Å². The van der Waals surface area contributed by atoms with E-state index >= 15 is 0 Å². The first kappa shape index (κ1) is 15.7. The fourth-order valence-corrected chi connectivity index (χ4v) is 2.63. The number of carbonyl (C=O) groups is 1. The lowest BCUT2D eigenvalue weighted by Crippen LogP contribution is -2.44. The Morgan fingerprint density at radius 1 is 1.32 bits per heavy atom. The lowest BCUT2D eigenvalue weighted by Gasteiger charge is -2.28. The van der Waals surface area contributed by atoms with Crippen LogP contribution in [0.1, 0.15) is 17.5 Å². The highest BCUT2D eigenvalue weighted by molar-refractivity contribution is 7.90. The van der Waals surface area contributed by atoms with E-state index in [1.807, 2.05) is 6.92 Å². The van der Waals surface area contributed by atoms with Crippen molar-refractivity contribution in [3.8, 4) is 0 Å². The summed E-state index contributed by atoms with van der Waals surface area (Å²) in [5.41, 5.74) is 5.82. The molecule has 0 saturated heterocycles. The van der Waals surface area contributed by atoms with Crippen molar-refractivity contribution in [2.45, 2.75) is 18.8 Å². The first-order chi connectivity index (χ1) is 8.71. The third kappa shape index (κ3) is 3.78. The fraction of sp³-hybridized carbons (Fsp3) is 0.462. The smallest absolute Gasteiger partial charge is 0.315 e. The number of carboxylic acid groups (broad SMARTS) is 1. The fourth-order valence-electron chi connectivity index (χ4n) is 1.91. The van der Waals surface area contributed by atoms with Crippen molar-refractivity contribution in [1.82, 2.24) is 0 Å². The molecule has 5 nitrogen and oxygen atoms in total. The van der Waals surface area contributed by atoms with Gasteiger partial charge in [-0.2, -0.15) is 0 Å². The van der Waals surface area contributed by atoms with Gasteiger partial charge in [0.1, 0.15) is 15.3 Å². The highest BCUT2D eigenvalue weighted by atomic mass is 32.2. The van der Waals surface area contributed by atoms with Gasteiger partial charge in [-0.15, -0.1) is 0 Å². The van der Waals surface area contributed by atoms with E-state index in [1.54, 1.807) is 24.3 Å². The number of aryl methyl sites for hydroxylation is 1. The molecule has 19 heavy (non-hydrogen) atoms. The molecule has 0 aromatic heterocycles. The number of carboxylic acids is 1. The van der Waals surface area contributed by atoms with E-state index in [-0.39, 0.29) is 18.7 Å². The molecule has 3 N–H and O–H groups in total. The molecule has 1 atom stereocenters. The van der Waals surface area contributed by atoms with Crippen LogP contribution >= 0.6 is 0 Å². The van der Waals surface area contributed by atoms with Crippen LogP contribution < -0.4 is 5.73 Å². The number of hydrogen-bond acceptors (Lipinski definition) is 4. The average Bonchev–Trinajstić information content (AvgIpc) is 2.30. The standard InChI is InChI=1S/C13H19NO4S/c1-10-3-5-11(6-4-10)13(9-14,12(15)16)7-8-19(2,17)18/h3-6H,7-9,14H2,1-2H3,(H,15,16). The van der Waals surface area contributed by atoms with Crippen LogP contribution in [-0.2, 0) is 20.0 Å². The molecule has 0 amide bonds. The number of nitrogens with two attached hydrogens (primary N) is 1. The monoisotopic (exact) mass is 285 g/mol. The van der Waals surface area contributed by atoms with Crippen molar-refractivity contribution in [3.63, 3.8) is 0 Å². The molecule has 0 heterocycles. The largest absolute Gasteiger partial charge is 0.481 e. The summed E-state index contributed by atoms with van der Waals surface area (Å²) in [5.74, 6) is -1.30. The maximum Gasteiger partial charge on any atom is 0.315 e. The van der Waals surface area contributed by atoms with Gasteiger partial charge in [0.25, 0.3) is 0 Å². The molecular weight excluding hydrogens is 266 g/mol. The maximum atomic E-state index is 11.6. The summed E-state index contributed by atoms with van der Waals surface area (Å²) in [5, 5.41) is 9.47. The first-order valence-electron chi connectivity index (χ1n) is 5.89. The van der Waals surface area contributed by atoms with Gasteiger partial charge in [-0.1, -0.05) is 29.8 Å². The van der Waals surface area contributed by atoms with Gasteiger partial charge >= 0.3 is 5.97 Å². The van der Waals surface area contributed by atoms with E-state index in [4.69, 9.17) is 5.73 Å². The number of hydrogen-bond donors (Lipinski definition) is 2. The van der Waals surface area contributed by atoms with Crippen LogP contribution in [0.2, 0.25) is 0 Å². The van der Waals surface area contributed by atoms with Gasteiger partial charge in [0, 0.05) is 12.8 Å². The molecule has 0 radical (unpaired) electrons. The Labute approximate surface area is 113 Å². The molecule has 1 aromatic carbocycles. The third-order valence-corrected chi connectivity index (χ3v) is 4.21. The van der Waals surface area contributed by atoms with Crippen molar-refractivity contribution in [2.75, 3.05) is 18.6 Å². The van der Waals surface area contributed by atoms with E-state index < -0.39 is 21.2 Å². The molecule has 0 spiro atoms. The van der Waals surface area contributed by atoms with E-state index in [1.165, 1.54) is 0 Å². The second-order valence-electron chi connectivity index (χ2n) is 4.84. The van der Waals surface area contributed by atoms with Crippen molar-refractivity contribution in [2.24, 2.45) is 5.73 Å². The molecule has 6 heteroatoms. The summed E-state index contributed by atoms with van der Waals surface area (Å²) in [7, 11) is -3.24. The molecule has 0 saturated carbocycles. The Balaban J connectivity index is 3.19. The Hall–Kier alpha value is -1.40.